The molecule has 0 amide bonds. The molecular weight excluding hydrogens is 296 g/mol. The smallest absolute Gasteiger partial charge is 0.234 e. The minimum atomic E-state index is 0.674. The van der Waals surface area contributed by atoms with Gasteiger partial charge in [-0.25, -0.2) is 4.98 Å². The molecule has 0 radical (unpaired) electrons. The predicted octanol–water partition coefficient (Wildman–Crippen LogP) is 4.71. The van der Waals surface area contributed by atoms with Gasteiger partial charge in [0.2, 0.25) is 5.95 Å². The zero-order valence-electron chi connectivity index (χ0n) is 14.5. The van der Waals surface area contributed by atoms with Gasteiger partial charge in [-0.15, -0.1) is 0 Å². The van der Waals surface area contributed by atoms with Crippen LogP contribution < -0.4 is 4.90 Å². The van der Waals surface area contributed by atoms with E-state index in [9.17, 15) is 0 Å². The number of para-hydroxylation sites is 1. The van der Waals surface area contributed by atoms with Crippen molar-refractivity contribution < 1.29 is 0 Å². The Hall–Kier alpha value is -2.75. The molecule has 3 rings (SSSR count). The van der Waals surface area contributed by atoms with Crippen LogP contribution in [-0.2, 0) is 0 Å². The zero-order valence-corrected chi connectivity index (χ0v) is 14.5. The van der Waals surface area contributed by atoms with E-state index in [2.05, 4.69) is 52.7 Å². The molecule has 0 aliphatic carbocycles. The van der Waals surface area contributed by atoms with Gasteiger partial charge in [0.1, 0.15) is 5.82 Å². The number of benzene rings is 1. The molecule has 1 aromatic carbocycles. The molecule has 0 spiro atoms. The van der Waals surface area contributed by atoms with Crippen LogP contribution in [0, 0.1) is 6.92 Å². The first-order valence-electron chi connectivity index (χ1n) is 8.24. The first kappa shape index (κ1) is 16.1. The van der Waals surface area contributed by atoms with Crippen LogP contribution in [0.15, 0.2) is 49.1 Å². The molecule has 4 heteroatoms. The molecule has 1 aliphatic heterocycles. The van der Waals surface area contributed by atoms with Crippen LogP contribution in [0.3, 0.4) is 0 Å². The average molecular weight is 318 g/mol. The van der Waals surface area contributed by atoms with Crippen LogP contribution in [-0.4, -0.2) is 21.5 Å². The van der Waals surface area contributed by atoms with Crippen molar-refractivity contribution in [2.45, 2.75) is 27.2 Å². The van der Waals surface area contributed by atoms with Crippen molar-refractivity contribution in [3.8, 4) is 0 Å². The minimum absolute atomic E-state index is 0.674. The Morgan fingerprint density at radius 3 is 2.79 bits per heavy atom. The lowest BCUT2D eigenvalue weighted by atomic mass is 10.1. The zero-order chi connectivity index (χ0) is 17.1. The fraction of sp³-hybridized carbons (Fsp3) is 0.250. The van der Waals surface area contributed by atoms with E-state index in [4.69, 9.17) is 4.98 Å². The summed E-state index contributed by atoms with van der Waals surface area (Å²) in [6, 6.07) is 8.24. The Labute approximate surface area is 143 Å². The molecule has 0 unspecified atom stereocenters. The SMILES string of the molecule is C=C1CN(c2nc(C)nc(C(/C=C\CC)=C/C)n2)c2ccccc21. The van der Waals surface area contributed by atoms with Crippen molar-refractivity contribution in [1.82, 2.24) is 15.0 Å². The molecule has 0 N–H and O–H groups in total. The van der Waals surface area contributed by atoms with Gasteiger partial charge in [-0.2, -0.15) is 9.97 Å². The predicted molar refractivity (Wildman–Crippen MR) is 100 cm³/mol. The average Bonchev–Trinajstić information content (AvgIpc) is 2.93. The highest BCUT2D eigenvalue weighted by Gasteiger charge is 2.25. The minimum Gasteiger partial charge on any atom is -0.305 e. The van der Waals surface area contributed by atoms with Crippen LogP contribution in [0.4, 0.5) is 11.6 Å². The highest BCUT2D eigenvalue weighted by molar-refractivity contribution is 5.87. The Morgan fingerprint density at radius 1 is 1.25 bits per heavy atom. The van der Waals surface area contributed by atoms with E-state index in [0.29, 0.717) is 24.1 Å². The van der Waals surface area contributed by atoms with Gasteiger partial charge in [0, 0.05) is 11.1 Å². The summed E-state index contributed by atoms with van der Waals surface area (Å²) in [5.74, 6) is 2.10. The summed E-state index contributed by atoms with van der Waals surface area (Å²) in [6.07, 6.45) is 7.19. The highest BCUT2D eigenvalue weighted by Crippen LogP contribution is 2.38. The summed E-state index contributed by atoms with van der Waals surface area (Å²) in [7, 11) is 0. The monoisotopic (exact) mass is 318 g/mol. The third-order valence-electron chi connectivity index (χ3n) is 4.00. The van der Waals surface area contributed by atoms with E-state index >= 15 is 0 Å². The molecule has 2 heterocycles. The third-order valence-corrected chi connectivity index (χ3v) is 4.00. The number of hydrogen-bond acceptors (Lipinski definition) is 4. The molecule has 1 aromatic heterocycles. The van der Waals surface area contributed by atoms with Gasteiger partial charge in [-0.3, -0.25) is 0 Å². The second-order valence-corrected chi connectivity index (χ2v) is 5.77. The highest BCUT2D eigenvalue weighted by atomic mass is 15.3. The number of anilines is 2. The molecule has 0 atom stereocenters. The summed E-state index contributed by atoms with van der Waals surface area (Å²) in [5.41, 5.74) is 4.36. The molecule has 0 bridgehead atoms. The van der Waals surface area contributed by atoms with E-state index in [-0.39, 0.29) is 0 Å². The first-order valence-corrected chi connectivity index (χ1v) is 8.24. The van der Waals surface area contributed by atoms with Gasteiger partial charge < -0.3 is 4.90 Å². The van der Waals surface area contributed by atoms with Crippen molar-refractivity contribution in [3.63, 3.8) is 0 Å². The molecule has 2 aromatic rings. The maximum absolute atomic E-state index is 4.72. The Bertz CT molecular complexity index is 833. The quantitative estimate of drug-likeness (QED) is 0.765. The summed E-state index contributed by atoms with van der Waals surface area (Å²) < 4.78 is 0. The summed E-state index contributed by atoms with van der Waals surface area (Å²) in [6.45, 7) is 10.9. The van der Waals surface area contributed by atoms with Crippen molar-refractivity contribution in [2.75, 3.05) is 11.4 Å². The molecule has 0 saturated heterocycles. The van der Waals surface area contributed by atoms with E-state index in [1.807, 2.05) is 32.1 Å². The second kappa shape index (κ2) is 6.79. The summed E-state index contributed by atoms with van der Waals surface area (Å²) in [4.78, 5) is 15.9. The molecular formula is C20H22N4. The van der Waals surface area contributed by atoms with Crippen LogP contribution in [0.1, 0.15) is 37.5 Å². The molecule has 0 saturated carbocycles. The Balaban J connectivity index is 2.05. The number of aromatic nitrogens is 3. The fourth-order valence-electron chi connectivity index (χ4n) is 2.81. The number of allylic oxidation sites excluding steroid dienone is 4. The van der Waals surface area contributed by atoms with Gasteiger partial charge in [0.05, 0.1) is 12.2 Å². The molecule has 24 heavy (non-hydrogen) atoms. The van der Waals surface area contributed by atoms with E-state index in [0.717, 1.165) is 28.8 Å². The van der Waals surface area contributed by atoms with E-state index in [1.165, 1.54) is 0 Å². The van der Waals surface area contributed by atoms with Gasteiger partial charge in [0.25, 0.3) is 0 Å². The van der Waals surface area contributed by atoms with Gasteiger partial charge >= 0.3 is 0 Å². The standard InChI is InChI=1S/C20H22N4/c1-5-7-10-16(6-2)19-21-15(4)22-20(23-19)24-13-14(3)17-11-8-9-12-18(17)24/h6-12H,3,5,13H2,1-2,4H3/b10-7-,16-6+. The van der Waals surface area contributed by atoms with Crippen molar-refractivity contribution >= 4 is 22.8 Å². The van der Waals surface area contributed by atoms with Crippen molar-refractivity contribution in [1.29, 1.82) is 0 Å². The maximum atomic E-state index is 4.72. The number of aryl methyl sites for hydroxylation is 1. The lowest BCUT2D eigenvalue weighted by Gasteiger charge is -2.17. The second-order valence-electron chi connectivity index (χ2n) is 5.77. The third kappa shape index (κ3) is 3.00. The number of rotatable bonds is 4. The van der Waals surface area contributed by atoms with Crippen LogP contribution in [0.2, 0.25) is 0 Å². The van der Waals surface area contributed by atoms with Crippen molar-refractivity contribution in [2.24, 2.45) is 0 Å². The fourth-order valence-corrected chi connectivity index (χ4v) is 2.81. The number of nitrogens with zero attached hydrogens (tertiary/aromatic N) is 4. The van der Waals surface area contributed by atoms with E-state index < -0.39 is 0 Å². The molecule has 1 aliphatic rings. The first-order chi connectivity index (χ1) is 11.6. The number of fused-ring (bicyclic) bond motifs is 1. The van der Waals surface area contributed by atoms with Gasteiger partial charge in [0.15, 0.2) is 5.82 Å². The maximum Gasteiger partial charge on any atom is 0.234 e. The summed E-state index contributed by atoms with van der Waals surface area (Å²) >= 11 is 0. The molecule has 4 nitrogen and oxygen atoms in total. The van der Waals surface area contributed by atoms with Crippen LogP contribution >= 0.6 is 0 Å². The summed E-state index contributed by atoms with van der Waals surface area (Å²) in [5, 5.41) is 0. The lowest BCUT2D eigenvalue weighted by molar-refractivity contribution is 0.913. The number of hydrogen-bond donors (Lipinski definition) is 0. The molecule has 122 valence electrons. The van der Waals surface area contributed by atoms with Gasteiger partial charge in [-0.05, 0) is 31.9 Å². The topological polar surface area (TPSA) is 41.9 Å². The largest absolute Gasteiger partial charge is 0.305 e. The van der Waals surface area contributed by atoms with Crippen LogP contribution in [0.5, 0.6) is 0 Å². The Kier molecular flexibility index (Phi) is 4.56. The Morgan fingerprint density at radius 2 is 2.04 bits per heavy atom. The lowest BCUT2D eigenvalue weighted by Crippen LogP contribution is -2.18. The normalized spacial score (nSPS) is 14.5. The van der Waals surface area contributed by atoms with Gasteiger partial charge in [-0.1, -0.05) is 49.9 Å². The van der Waals surface area contributed by atoms with E-state index in [1.54, 1.807) is 0 Å². The van der Waals surface area contributed by atoms with Crippen LogP contribution in [0.25, 0.3) is 11.1 Å². The molecule has 0 fully saturated rings. The van der Waals surface area contributed by atoms with Crippen molar-refractivity contribution in [3.05, 3.63) is 66.3 Å².